The fourth-order valence-electron chi connectivity index (χ4n) is 1.33. The van der Waals surface area contributed by atoms with Crippen molar-refractivity contribution in [3.8, 4) is 5.75 Å². The van der Waals surface area contributed by atoms with Crippen molar-refractivity contribution in [2.75, 3.05) is 31.6 Å². The number of aliphatic hydroxyl groups excluding tert-OH is 2. The lowest BCUT2D eigenvalue weighted by atomic mass is 10.3. The largest absolute Gasteiger partial charge is 0.506 e. The summed E-state index contributed by atoms with van der Waals surface area (Å²) in [6.07, 6.45) is 0. The van der Waals surface area contributed by atoms with E-state index in [4.69, 9.17) is 10.2 Å². The number of anilines is 1. The van der Waals surface area contributed by atoms with Gasteiger partial charge in [0.1, 0.15) is 5.75 Å². The number of hydrogen-bond donors (Lipinski definition) is 4. The number of para-hydroxylation sites is 2. The van der Waals surface area contributed by atoms with Crippen molar-refractivity contribution in [3.05, 3.63) is 24.3 Å². The van der Waals surface area contributed by atoms with E-state index in [1.807, 2.05) is 0 Å². The summed E-state index contributed by atoms with van der Waals surface area (Å²) in [6, 6.07) is 5.86. The van der Waals surface area contributed by atoms with Crippen LogP contribution < -0.4 is 5.32 Å². The molecule has 0 unspecified atom stereocenters. The summed E-state index contributed by atoms with van der Waals surface area (Å²) in [5, 5.41) is 29.5. The number of hydrogen-bond acceptors (Lipinski definition) is 4. The van der Waals surface area contributed by atoms with Gasteiger partial charge in [0, 0.05) is 13.1 Å². The normalized spacial score (nSPS) is 10.0. The average molecular weight is 240 g/mol. The summed E-state index contributed by atoms with van der Waals surface area (Å²) in [5.74, 6) is -0.0335. The number of nitrogens with one attached hydrogen (secondary N) is 1. The van der Waals surface area contributed by atoms with Gasteiger partial charge in [0.15, 0.2) is 0 Å². The van der Waals surface area contributed by atoms with Gasteiger partial charge >= 0.3 is 6.03 Å². The maximum Gasteiger partial charge on any atom is 0.322 e. The van der Waals surface area contributed by atoms with Gasteiger partial charge < -0.3 is 25.5 Å². The number of rotatable bonds is 5. The molecule has 1 aromatic carbocycles. The number of carbonyl (C=O) groups is 1. The third kappa shape index (κ3) is 3.93. The third-order valence-corrected chi connectivity index (χ3v) is 2.17. The molecule has 2 amide bonds. The highest BCUT2D eigenvalue weighted by atomic mass is 16.3. The number of carbonyl (C=O) groups excluding carboxylic acids is 1. The molecule has 0 aliphatic heterocycles. The molecule has 1 aromatic rings. The lowest BCUT2D eigenvalue weighted by Gasteiger charge is -2.21. The summed E-state index contributed by atoms with van der Waals surface area (Å²) < 4.78 is 0. The first-order valence-corrected chi connectivity index (χ1v) is 5.24. The number of urea groups is 1. The molecule has 4 N–H and O–H groups in total. The Kier molecular flexibility index (Phi) is 5.25. The molecule has 1 rings (SSSR count). The Bertz CT molecular complexity index is 364. The predicted octanol–water partition coefficient (Wildman–Crippen LogP) is 0.211. The smallest absolute Gasteiger partial charge is 0.322 e. The van der Waals surface area contributed by atoms with Gasteiger partial charge in [0.2, 0.25) is 0 Å². The number of phenols is 1. The number of nitrogens with zero attached hydrogens (tertiary/aromatic N) is 1. The van der Waals surface area contributed by atoms with Crippen molar-refractivity contribution in [2.24, 2.45) is 0 Å². The summed E-state index contributed by atoms with van der Waals surface area (Å²) in [5.41, 5.74) is 0.290. The van der Waals surface area contributed by atoms with Crippen molar-refractivity contribution in [2.45, 2.75) is 0 Å². The number of aliphatic hydroxyl groups is 2. The fourth-order valence-corrected chi connectivity index (χ4v) is 1.33. The van der Waals surface area contributed by atoms with E-state index in [0.717, 1.165) is 0 Å². The van der Waals surface area contributed by atoms with Crippen LogP contribution in [0, 0.1) is 0 Å². The van der Waals surface area contributed by atoms with E-state index < -0.39 is 6.03 Å². The molecule has 0 aliphatic rings. The van der Waals surface area contributed by atoms with E-state index in [1.165, 1.54) is 11.0 Å². The zero-order valence-corrected chi connectivity index (χ0v) is 9.33. The molecule has 0 atom stereocenters. The highest BCUT2D eigenvalue weighted by Crippen LogP contribution is 2.21. The minimum Gasteiger partial charge on any atom is -0.506 e. The molecule has 0 heterocycles. The first-order valence-electron chi connectivity index (χ1n) is 5.24. The van der Waals surface area contributed by atoms with Crippen molar-refractivity contribution in [1.29, 1.82) is 0 Å². The van der Waals surface area contributed by atoms with Gasteiger partial charge in [-0.1, -0.05) is 12.1 Å². The monoisotopic (exact) mass is 240 g/mol. The summed E-state index contributed by atoms with van der Waals surface area (Å²) in [7, 11) is 0. The Morgan fingerprint density at radius 3 is 2.29 bits per heavy atom. The van der Waals surface area contributed by atoms with Crippen molar-refractivity contribution in [1.82, 2.24) is 4.90 Å². The van der Waals surface area contributed by atoms with Crippen LogP contribution in [0.3, 0.4) is 0 Å². The molecule has 0 saturated carbocycles. The van der Waals surface area contributed by atoms with E-state index in [1.54, 1.807) is 18.2 Å². The first kappa shape index (κ1) is 13.3. The van der Waals surface area contributed by atoms with Crippen LogP contribution in [0.4, 0.5) is 10.5 Å². The maximum atomic E-state index is 11.7. The lowest BCUT2D eigenvalue weighted by Crippen LogP contribution is -2.38. The van der Waals surface area contributed by atoms with Crippen LogP contribution in [0.15, 0.2) is 24.3 Å². The zero-order valence-electron chi connectivity index (χ0n) is 9.33. The molecular weight excluding hydrogens is 224 g/mol. The van der Waals surface area contributed by atoms with Crippen LogP contribution in [0.5, 0.6) is 5.75 Å². The van der Waals surface area contributed by atoms with Crippen LogP contribution in [0.2, 0.25) is 0 Å². The van der Waals surface area contributed by atoms with Crippen LogP contribution in [0.1, 0.15) is 0 Å². The molecule has 0 saturated heterocycles. The first-order chi connectivity index (χ1) is 8.19. The van der Waals surface area contributed by atoms with Gasteiger partial charge in [-0.3, -0.25) is 0 Å². The molecule has 0 radical (unpaired) electrons. The van der Waals surface area contributed by atoms with Crippen LogP contribution in [-0.4, -0.2) is 52.6 Å². The number of benzene rings is 1. The molecule has 17 heavy (non-hydrogen) atoms. The van der Waals surface area contributed by atoms with Gasteiger partial charge in [0.25, 0.3) is 0 Å². The molecule has 0 fully saturated rings. The summed E-state index contributed by atoms with van der Waals surface area (Å²) in [4.78, 5) is 13.0. The topological polar surface area (TPSA) is 93.0 Å². The Balaban J connectivity index is 2.66. The molecule has 0 aliphatic carbocycles. The molecule has 6 heteroatoms. The zero-order chi connectivity index (χ0) is 12.7. The molecular formula is C11H16N2O4. The van der Waals surface area contributed by atoms with Crippen LogP contribution in [0.25, 0.3) is 0 Å². The van der Waals surface area contributed by atoms with Crippen molar-refractivity contribution < 1.29 is 20.1 Å². The molecule has 6 nitrogen and oxygen atoms in total. The second-order valence-corrected chi connectivity index (χ2v) is 3.38. The number of aromatic hydroxyl groups is 1. The number of amides is 2. The Morgan fingerprint density at radius 2 is 1.76 bits per heavy atom. The summed E-state index contributed by atoms with van der Waals surface area (Å²) >= 11 is 0. The minimum atomic E-state index is -0.477. The summed E-state index contributed by atoms with van der Waals surface area (Å²) in [6.45, 7) is -0.123. The van der Waals surface area contributed by atoms with Crippen LogP contribution >= 0.6 is 0 Å². The van der Waals surface area contributed by atoms with Crippen molar-refractivity contribution >= 4 is 11.7 Å². The standard InChI is InChI=1S/C11H16N2O4/c14-7-5-13(6-8-15)11(17)12-9-3-1-2-4-10(9)16/h1-4,14-16H,5-8H2,(H,12,17). The lowest BCUT2D eigenvalue weighted by molar-refractivity contribution is 0.167. The van der Waals surface area contributed by atoms with Gasteiger partial charge in [-0.2, -0.15) is 0 Å². The SMILES string of the molecule is O=C(Nc1ccccc1O)N(CCO)CCO. The Hall–Kier alpha value is -1.79. The molecule has 0 bridgehead atoms. The van der Waals surface area contributed by atoms with Gasteiger partial charge in [0.05, 0.1) is 18.9 Å². The molecule has 94 valence electrons. The van der Waals surface area contributed by atoms with Gasteiger partial charge in [-0.25, -0.2) is 4.79 Å². The van der Waals surface area contributed by atoms with Crippen molar-refractivity contribution in [3.63, 3.8) is 0 Å². The molecule has 0 aromatic heterocycles. The second kappa shape index (κ2) is 6.72. The minimum absolute atomic E-state index is 0.0335. The quantitative estimate of drug-likeness (QED) is 0.553. The maximum absolute atomic E-state index is 11.7. The second-order valence-electron chi connectivity index (χ2n) is 3.38. The molecule has 0 spiro atoms. The van der Waals surface area contributed by atoms with Gasteiger partial charge in [-0.15, -0.1) is 0 Å². The van der Waals surface area contributed by atoms with E-state index in [0.29, 0.717) is 5.69 Å². The van der Waals surface area contributed by atoms with Crippen LogP contribution in [-0.2, 0) is 0 Å². The number of phenolic OH excluding ortho intramolecular Hbond substituents is 1. The van der Waals surface area contributed by atoms with E-state index >= 15 is 0 Å². The van der Waals surface area contributed by atoms with Gasteiger partial charge in [-0.05, 0) is 12.1 Å². The van der Waals surface area contributed by atoms with E-state index in [9.17, 15) is 9.90 Å². The fraction of sp³-hybridized carbons (Fsp3) is 0.364. The highest BCUT2D eigenvalue weighted by Gasteiger charge is 2.13. The van der Waals surface area contributed by atoms with E-state index in [-0.39, 0.29) is 32.1 Å². The van der Waals surface area contributed by atoms with E-state index in [2.05, 4.69) is 5.32 Å². The Morgan fingerprint density at radius 1 is 1.18 bits per heavy atom. The highest BCUT2D eigenvalue weighted by molar-refractivity contribution is 5.90. The Labute approximate surface area is 99.1 Å². The average Bonchev–Trinajstić information content (AvgIpc) is 2.32. The predicted molar refractivity (Wildman–Crippen MR) is 62.9 cm³/mol. The third-order valence-electron chi connectivity index (χ3n) is 2.17.